The Bertz CT molecular complexity index is 902. The number of hydrogen-bond donors (Lipinski definition) is 3. The number of rotatable bonds is 32. The highest BCUT2D eigenvalue weighted by Crippen LogP contribution is 2.42. The van der Waals surface area contributed by atoms with Crippen molar-refractivity contribution in [2.75, 3.05) is 26.4 Å². The Morgan fingerprint density at radius 1 is 0.696 bits per heavy atom. The van der Waals surface area contributed by atoms with Crippen LogP contribution in [0.3, 0.4) is 0 Å². The van der Waals surface area contributed by atoms with Gasteiger partial charge in [-0.2, -0.15) is 0 Å². The maximum absolute atomic E-state index is 12.0. The molecule has 0 aliphatic heterocycles. The summed E-state index contributed by atoms with van der Waals surface area (Å²) in [6.45, 7) is 3.31. The van der Waals surface area contributed by atoms with Gasteiger partial charge in [-0.3, -0.25) is 18.6 Å². The van der Waals surface area contributed by atoms with Crippen LogP contribution in [0.1, 0.15) is 136 Å². The molecule has 0 rings (SSSR count). The average Bonchev–Trinajstić information content (AvgIpc) is 3.04. The Kier molecular flexibility index (Phi) is 31.4. The van der Waals surface area contributed by atoms with Crippen LogP contribution in [0.4, 0.5) is 0 Å². The summed E-state index contributed by atoms with van der Waals surface area (Å²) in [5.74, 6) is -0.551. The fraction of sp³-hybridized carbons (Fsp3) is 0.722. The molecule has 266 valence electrons. The Balaban J connectivity index is 3.69. The van der Waals surface area contributed by atoms with Gasteiger partial charge in [-0.05, 0) is 64.2 Å². The van der Waals surface area contributed by atoms with Crippen LogP contribution in [0.2, 0.25) is 0 Å². The predicted octanol–water partition coefficient (Wildman–Crippen LogP) is 8.82. The Morgan fingerprint density at radius 2 is 1.24 bits per heavy atom. The first-order valence-corrected chi connectivity index (χ1v) is 19.1. The lowest BCUT2D eigenvalue weighted by molar-refractivity contribution is -0.147. The maximum atomic E-state index is 12.0. The number of carbonyl (C=O) groups excluding carboxylic acids is 2. The van der Waals surface area contributed by atoms with E-state index in [2.05, 4.69) is 67.8 Å². The van der Waals surface area contributed by atoms with Crippen molar-refractivity contribution in [3.63, 3.8) is 0 Å². The third kappa shape index (κ3) is 33.3. The lowest BCUT2D eigenvalue weighted by Crippen LogP contribution is -2.27. The third-order valence-corrected chi connectivity index (χ3v) is 7.96. The lowest BCUT2D eigenvalue weighted by atomic mass is 10.1. The van der Waals surface area contributed by atoms with E-state index in [9.17, 15) is 24.2 Å². The number of aliphatic hydroxyl groups is 1. The fourth-order valence-electron chi connectivity index (χ4n) is 4.34. The number of nitrogens with one attached hydrogen (secondary N) is 1. The van der Waals surface area contributed by atoms with E-state index in [1.165, 1.54) is 12.8 Å². The van der Waals surface area contributed by atoms with E-state index in [1.54, 1.807) is 0 Å². The number of unbranched alkanes of at least 4 members (excludes halogenated alkanes) is 11. The zero-order valence-electron chi connectivity index (χ0n) is 28.8. The van der Waals surface area contributed by atoms with E-state index in [0.29, 0.717) is 12.8 Å². The number of allylic oxidation sites excluding steroid dienone is 8. The number of hydrogen-bond acceptors (Lipinski definition) is 7. The molecule has 0 aliphatic carbocycles. The SMILES string of the molecule is CC/C=C\C/C=C\C/C=C\CCCCCCCC(=O)OCC(O)COP(=O)(O)OCCNC(=O)CCCCCCC/C=C\CCC. The molecule has 0 aliphatic rings. The van der Waals surface area contributed by atoms with Gasteiger partial charge < -0.3 is 20.1 Å². The first-order valence-electron chi connectivity index (χ1n) is 17.6. The van der Waals surface area contributed by atoms with E-state index < -0.39 is 26.5 Å². The molecule has 0 saturated heterocycles. The molecular weight excluding hydrogens is 605 g/mol. The maximum Gasteiger partial charge on any atom is 0.472 e. The van der Waals surface area contributed by atoms with Crippen LogP contribution in [0.15, 0.2) is 48.6 Å². The molecule has 2 unspecified atom stereocenters. The quantitative estimate of drug-likeness (QED) is 0.0280. The van der Waals surface area contributed by atoms with Crippen molar-refractivity contribution in [3.05, 3.63) is 48.6 Å². The molecule has 0 aromatic heterocycles. The second-order valence-electron chi connectivity index (χ2n) is 11.5. The minimum atomic E-state index is -4.41. The summed E-state index contributed by atoms with van der Waals surface area (Å²) in [4.78, 5) is 33.6. The Hall–Kier alpha value is -2.03. The van der Waals surface area contributed by atoms with Crippen molar-refractivity contribution in [1.29, 1.82) is 0 Å². The second-order valence-corrected chi connectivity index (χ2v) is 12.9. The molecule has 10 heteroatoms. The average molecular weight is 670 g/mol. The molecule has 0 saturated carbocycles. The highest BCUT2D eigenvalue weighted by atomic mass is 31.2. The molecule has 46 heavy (non-hydrogen) atoms. The van der Waals surface area contributed by atoms with Crippen molar-refractivity contribution in [3.8, 4) is 0 Å². The van der Waals surface area contributed by atoms with Crippen LogP contribution >= 0.6 is 7.82 Å². The summed E-state index contributed by atoms with van der Waals surface area (Å²) < 4.78 is 26.7. The molecule has 0 heterocycles. The summed E-state index contributed by atoms with van der Waals surface area (Å²) >= 11 is 0. The Morgan fingerprint density at radius 3 is 1.89 bits per heavy atom. The molecule has 1 amide bonds. The van der Waals surface area contributed by atoms with Crippen LogP contribution in [-0.2, 0) is 27.9 Å². The summed E-state index contributed by atoms with van der Waals surface area (Å²) in [5.41, 5.74) is 0. The zero-order chi connectivity index (χ0) is 34.0. The van der Waals surface area contributed by atoms with Gasteiger partial charge in [0.2, 0.25) is 5.91 Å². The molecule has 3 N–H and O–H groups in total. The molecule has 9 nitrogen and oxygen atoms in total. The molecule has 0 aromatic rings. The second kappa shape index (κ2) is 32.9. The van der Waals surface area contributed by atoms with Crippen LogP contribution in [0, 0.1) is 0 Å². The van der Waals surface area contributed by atoms with Crippen molar-refractivity contribution < 1.29 is 37.9 Å². The number of phosphoric ester groups is 1. The normalized spacial score (nSPS) is 14.1. The van der Waals surface area contributed by atoms with Crippen molar-refractivity contribution in [1.82, 2.24) is 5.32 Å². The summed E-state index contributed by atoms with van der Waals surface area (Å²) in [7, 11) is -4.41. The number of carbonyl (C=O) groups is 2. The van der Waals surface area contributed by atoms with Gasteiger partial charge in [0.25, 0.3) is 0 Å². The highest BCUT2D eigenvalue weighted by molar-refractivity contribution is 7.47. The first-order chi connectivity index (χ1) is 22.3. The number of aliphatic hydroxyl groups excluding tert-OH is 1. The summed E-state index contributed by atoms with van der Waals surface area (Å²) in [6.07, 6.45) is 34.7. The van der Waals surface area contributed by atoms with E-state index in [1.807, 2.05) is 0 Å². The minimum Gasteiger partial charge on any atom is -0.463 e. The largest absolute Gasteiger partial charge is 0.472 e. The van der Waals surface area contributed by atoms with Gasteiger partial charge in [-0.15, -0.1) is 0 Å². The summed E-state index contributed by atoms with van der Waals surface area (Å²) in [6, 6.07) is 0. The van der Waals surface area contributed by atoms with Crippen LogP contribution in [0.5, 0.6) is 0 Å². The number of esters is 1. The number of phosphoric acid groups is 1. The van der Waals surface area contributed by atoms with Gasteiger partial charge >= 0.3 is 13.8 Å². The van der Waals surface area contributed by atoms with Crippen LogP contribution < -0.4 is 5.32 Å². The zero-order valence-corrected chi connectivity index (χ0v) is 29.6. The smallest absolute Gasteiger partial charge is 0.463 e. The van der Waals surface area contributed by atoms with E-state index >= 15 is 0 Å². The molecule has 0 aromatic carbocycles. The van der Waals surface area contributed by atoms with Crippen molar-refractivity contribution in [2.45, 2.75) is 142 Å². The van der Waals surface area contributed by atoms with Gasteiger partial charge in [0, 0.05) is 19.4 Å². The molecule has 0 bridgehead atoms. The van der Waals surface area contributed by atoms with Crippen molar-refractivity contribution >= 4 is 19.7 Å². The van der Waals surface area contributed by atoms with Gasteiger partial charge in [0.1, 0.15) is 12.7 Å². The van der Waals surface area contributed by atoms with Gasteiger partial charge in [-0.25, -0.2) is 4.57 Å². The third-order valence-electron chi connectivity index (χ3n) is 6.97. The molecule has 0 spiro atoms. The number of ether oxygens (including phenoxy) is 1. The molecular formula is C36H64NO8P. The highest BCUT2D eigenvalue weighted by Gasteiger charge is 2.23. The van der Waals surface area contributed by atoms with Crippen LogP contribution in [0.25, 0.3) is 0 Å². The topological polar surface area (TPSA) is 131 Å². The monoisotopic (exact) mass is 669 g/mol. The van der Waals surface area contributed by atoms with Gasteiger partial charge in [0.05, 0.1) is 13.2 Å². The Labute approximate surface area is 279 Å². The fourth-order valence-corrected chi connectivity index (χ4v) is 5.09. The number of amides is 1. The molecule has 0 radical (unpaired) electrons. The van der Waals surface area contributed by atoms with Gasteiger partial charge in [-0.1, -0.05) is 107 Å². The lowest BCUT2D eigenvalue weighted by Gasteiger charge is -2.15. The summed E-state index contributed by atoms with van der Waals surface area (Å²) in [5, 5.41) is 12.6. The van der Waals surface area contributed by atoms with Crippen molar-refractivity contribution in [2.24, 2.45) is 0 Å². The molecule has 0 fully saturated rings. The van der Waals surface area contributed by atoms with E-state index in [4.69, 9.17) is 13.8 Å². The van der Waals surface area contributed by atoms with Crippen LogP contribution in [-0.4, -0.2) is 54.3 Å². The van der Waals surface area contributed by atoms with E-state index in [0.717, 1.165) is 89.9 Å². The predicted molar refractivity (Wildman–Crippen MR) is 187 cm³/mol. The molecule has 2 atom stereocenters. The first kappa shape index (κ1) is 44.0. The van der Waals surface area contributed by atoms with Gasteiger partial charge in [0.15, 0.2) is 0 Å². The van der Waals surface area contributed by atoms with E-state index in [-0.39, 0.29) is 32.1 Å². The standard InChI is InChI=1S/C36H64NO8P/c1-3-5-7-9-11-13-15-16-17-18-19-21-23-25-27-29-36(40)43-32-34(38)33-45-46(41,42)44-31-30-37-35(39)28-26-24-22-20-14-12-10-8-6-4-2/h5,7-8,10-11,13,16-17,34,38H,3-4,6,9,12,14-15,18-33H2,1-2H3,(H,37,39)(H,41,42)/b7-5-,10-8-,13-11-,17-16-. The minimum absolute atomic E-state index is 0.0729.